The van der Waals surface area contributed by atoms with Crippen LogP contribution in [0.3, 0.4) is 0 Å². The van der Waals surface area contributed by atoms with Gasteiger partial charge in [-0.1, -0.05) is 138 Å². The quantitative estimate of drug-likeness (QED) is 0.0182. The lowest BCUT2D eigenvalue weighted by Crippen LogP contribution is -2.29. The Morgan fingerprint density at radius 2 is 1.26 bits per heavy atom. The van der Waals surface area contributed by atoms with E-state index in [-0.39, 0.29) is 32.6 Å². The molecule has 0 radical (unpaired) electrons. The second-order valence-electron chi connectivity index (χ2n) is 13.3. The normalized spacial score (nSPS) is 14.7. The van der Waals surface area contributed by atoms with E-state index in [0.29, 0.717) is 32.1 Å². The molecule has 0 aliphatic heterocycles. The Morgan fingerprint density at radius 3 is 1.96 bits per heavy atom. The lowest BCUT2D eigenvalue weighted by atomic mass is 10.1. The van der Waals surface area contributed by atoms with Crippen LogP contribution in [0.5, 0.6) is 0 Å². The van der Waals surface area contributed by atoms with Crippen LogP contribution in [0.1, 0.15) is 149 Å². The molecule has 11 heteroatoms. The zero-order valence-electron chi connectivity index (χ0n) is 33.5. The van der Waals surface area contributed by atoms with Crippen LogP contribution < -0.4 is 5.73 Å². The molecule has 0 saturated carbocycles. The van der Waals surface area contributed by atoms with E-state index in [9.17, 15) is 24.2 Å². The SMILES string of the molecule is CC/C=C\C/C=C\CC(O)/C=C/C=C\C/C=C\CCCC(=O)OC(COC(=O)CCCCCCC/C=C\CCCCCCCC)COP(=O)(O)OCCN. The maximum atomic E-state index is 12.5. The van der Waals surface area contributed by atoms with Crippen molar-refractivity contribution in [1.82, 2.24) is 0 Å². The van der Waals surface area contributed by atoms with Crippen LogP contribution in [0.2, 0.25) is 0 Å². The number of esters is 2. The minimum absolute atomic E-state index is 0.0298. The van der Waals surface area contributed by atoms with Crippen molar-refractivity contribution in [2.24, 2.45) is 5.73 Å². The number of phosphoric acid groups is 1. The zero-order chi connectivity index (χ0) is 39.8. The van der Waals surface area contributed by atoms with Crippen molar-refractivity contribution in [3.8, 4) is 0 Å². The Balaban J connectivity index is 4.39. The van der Waals surface area contributed by atoms with E-state index >= 15 is 0 Å². The van der Waals surface area contributed by atoms with Crippen LogP contribution in [0.15, 0.2) is 72.9 Å². The molecule has 0 fully saturated rings. The van der Waals surface area contributed by atoms with Gasteiger partial charge in [-0.25, -0.2) is 4.57 Å². The number of unbranched alkanes of at least 4 members (excludes halogenated alkanes) is 12. The maximum Gasteiger partial charge on any atom is 0.472 e. The molecule has 3 unspecified atom stereocenters. The smallest absolute Gasteiger partial charge is 0.462 e. The predicted molar refractivity (Wildman–Crippen MR) is 221 cm³/mol. The van der Waals surface area contributed by atoms with E-state index in [4.69, 9.17) is 24.3 Å². The number of ether oxygens (including phenoxy) is 2. The molecule has 0 aromatic carbocycles. The molecule has 0 bridgehead atoms. The van der Waals surface area contributed by atoms with Crippen molar-refractivity contribution < 1.29 is 42.7 Å². The molecule has 0 spiro atoms. The lowest BCUT2D eigenvalue weighted by Gasteiger charge is -2.19. The van der Waals surface area contributed by atoms with Gasteiger partial charge in [-0.15, -0.1) is 0 Å². The van der Waals surface area contributed by atoms with Crippen molar-refractivity contribution in [1.29, 1.82) is 0 Å². The highest BCUT2D eigenvalue weighted by molar-refractivity contribution is 7.47. The summed E-state index contributed by atoms with van der Waals surface area (Å²) in [4.78, 5) is 34.8. The number of nitrogens with two attached hydrogens (primary N) is 1. The van der Waals surface area contributed by atoms with Crippen LogP contribution in [-0.4, -0.2) is 60.5 Å². The molecule has 3 atom stereocenters. The summed E-state index contributed by atoms with van der Waals surface area (Å²) in [6.45, 7) is 3.42. The highest BCUT2D eigenvalue weighted by atomic mass is 31.2. The number of hydrogen-bond donors (Lipinski definition) is 3. The largest absolute Gasteiger partial charge is 0.472 e. The monoisotopic (exact) mass is 780 g/mol. The highest BCUT2D eigenvalue weighted by Gasteiger charge is 2.25. The van der Waals surface area contributed by atoms with Gasteiger partial charge in [-0.2, -0.15) is 0 Å². The number of allylic oxidation sites excluding steroid dienone is 10. The predicted octanol–water partition coefficient (Wildman–Crippen LogP) is 10.5. The minimum Gasteiger partial charge on any atom is -0.462 e. The third kappa shape index (κ3) is 37.7. The van der Waals surface area contributed by atoms with Crippen LogP contribution >= 0.6 is 7.82 Å². The fourth-order valence-electron chi connectivity index (χ4n) is 5.10. The van der Waals surface area contributed by atoms with Crippen LogP contribution in [0.25, 0.3) is 0 Å². The van der Waals surface area contributed by atoms with Gasteiger partial charge >= 0.3 is 19.8 Å². The molecular weight excluding hydrogens is 705 g/mol. The number of phosphoric ester groups is 1. The second kappa shape index (κ2) is 38.7. The molecule has 0 aromatic rings. The van der Waals surface area contributed by atoms with Crippen LogP contribution in [0, 0.1) is 0 Å². The first-order valence-electron chi connectivity index (χ1n) is 20.5. The fourth-order valence-corrected chi connectivity index (χ4v) is 5.87. The Bertz CT molecular complexity index is 1130. The summed E-state index contributed by atoms with van der Waals surface area (Å²) in [5.74, 6) is -0.953. The summed E-state index contributed by atoms with van der Waals surface area (Å²) in [6.07, 6.45) is 42.5. The molecule has 0 heterocycles. The Morgan fingerprint density at radius 1 is 0.667 bits per heavy atom. The number of hydrogen-bond acceptors (Lipinski definition) is 9. The Kier molecular flexibility index (Phi) is 36.8. The summed E-state index contributed by atoms with van der Waals surface area (Å²) >= 11 is 0. The minimum atomic E-state index is -4.41. The van der Waals surface area contributed by atoms with E-state index < -0.39 is 38.6 Å². The topological polar surface area (TPSA) is 155 Å². The van der Waals surface area contributed by atoms with Gasteiger partial charge in [0.1, 0.15) is 6.61 Å². The molecule has 0 rings (SSSR count). The van der Waals surface area contributed by atoms with Crippen molar-refractivity contribution in [3.05, 3.63) is 72.9 Å². The van der Waals surface area contributed by atoms with E-state index in [0.717, 1.165) is 44.9 Å². The van der Waals surface area contributed by atoms with Crippen molar-refractivity contribution in [2.75, 3.05) is 26.4 Å². The van der Waals surface area contributed by atoms with Gasteiger partial charge in [0.2, 0.25) is 0 Å². The van der Waals surface area contributed by atoms with Crippen molar-refractivity contribution in [3.63, 3.8) is 0 Å². The van der Waals surface area contributed by atoms with Gasteiger partial charge in [0.05, 0.1) is 19.3 Å². The summed E-state index contributed by atoms with van der Waals surface area (Å²) in [5, 5.41) is 10.0. The van der Waals surface area contributed by atoms with Gasteiger partial charge in [0, 0.05) is 19.4 Å². The van der Waals surface area contributed by atoms with Crippen molar-refractivity contribution in [2.45, 2.75) is 161 Å². The first-order chi connectivity index (χ1) is 26.2. The van der Waals surface area contributed by atoms with Crippen LogP contribution in [0.4, 0.5) is 0 Å². The molecule has 54 heavy (non-hydrogen) atoms. The Labute approximate surface area is 327 Å². The summed E-state index contributed by atoms with van der Waals surface area (Å²) in [6, 6.07) is 0. The van der Waals surface area contributed by atoms with Gasteiger partial charge in [0.15, 0.2) is 6.10 Å². The number of rotatable bonds is 37. The number of aliphatic hydroxyl groups is 1. The number of carbonyl (C=O) groups excluding carboxylic acids is 2. The van der Waals surface area contributed by atoms with E-state index in [1.807, 2.05) is 42.5 Å². The number of carbonyl (C=O) groups is 2. The molecule has 4 N–H and O–H groups in total. The molecule has 0 amide bonds. The average Bonchev–Trinajstić information content (AvgIpc) is 3.15. The summed E-state index contributed by atoms with van der Waals surface area (Å²) in [7, 11) is -4.41. The van der Waals surface area contributed by atoms with Gasteiger partial charge in [-0.3, -0.25) is 18.6 Å². The van der Waals surface area contributed by atoms with Crippen molar-refractivity contribution >= 4 is 19.8 Å². The fraction of sp³-hybridized carbons (Fsp3) is 0.674. The molecule has 0 aliphatic carbocycles. The molecule has 10 nitrogen and oxygen atoms in total. The summed E-state index contributed by atoms with van der Waals surface area (Å²) in [5.41, 5.74) is 5.33. The highest BCUT2D eigenvalue weighted by Crippen LogP contribution is 2.43. The first-order valence-corrected chi connectivity index (χ1v) is 22.0. The molecular formula is C43H74NO9P. The Hall–Kier alpha value is -2.59. The van der Waals surface area contributed by atoms with Gasteiger partial charge < -0.3 is 25.2 Å². The third-order valence-electron chi connectivity index (χ3n) is 8.16. The van der Waals surface area contributed by atoms with Crippen LogP contribution in [-0.2, 0) is 32.7 Å². The summed E-state index contributed by atoms with van der Waals surface area (Å²) < 4.78 is 32.6. The van der Waals surface area contributed by atoms with Gasteiger partial charge in [0.25, 0.3) is 0 Å². The molecule has 0 saturated heterocycles. The van der Waals surface area contributed by atoms with E-state index in [1.165, 1.54) is 44.9 Å². The molecule has 310 valence electrons. The zero-order valence-corrected chi connectivity index (χ0v) is 34.4. The third-order valence-corrected chi connectivity index (χ3v) is 9.14. The lowest BCUT2D eigenvalue weighted by molar-refractivity contribution is -0.161. The molecule has 0 aromatic heterocycles. The molecule has 0 aliphatic rings. The van der Waals surface area contributed by atoms with Gasteiger partial charge in [-0.05, 0) is 70.6 Å². The maximum absolute atomic E-state index is 12.5. The standard InChI is InChI=1S/C43H74NO9P/c1-3-5-7-9-11-12-13-14-15-16-17-18-22-26-30-34-42(46)50-38-41(39-52-54(48,49)51-37-36-44)53-43(47)35-31-27-23-20-19-21-25-29-33-40(45)32-28-24-10-8-6-4-2/h6,8,14-15,20-21,23-25,28-29,33,40-41,45H,3-5,7,9-13,16-19,22,26-27,30-32,34-39,44H2,1-2H3,(H,48,49)/b8-6-,15-14-,23-20-,25-21-,28-24-,33-29+. The average molecular weight is 780 g/mol. The van der Waals surface area contributed by atoms with E-state index in [2.05, 4.69) is 38.2 Å². The van der Waals surface area contributed by atoms with E-state index in [1.54, 1.807) is 6.08 Å². The number of aliphatic hydroxyl groups excluding tert-OH is 1. The second-order valence-corrected chi connectivity index (χ2v) is 14.8. The first kappa shape index (κ1) is 51.4.